The highest BCUT2D eigenvalue weighted by molar-refractivity contribution is 5.77. The van der Waals surface area contributed by atoms with Crippen molar-refractivity contribution in [3.8, 4) is 0 Å². The zero-order valence-electron chi connectivity index (χ0n) is 6.92. The first-order chi connectivity index (χ1) is 5.83. The molecule has 1 aliphatic carbocycles. The molecule has 0 bridgehead atoms. The number of hydrogen-bond donors (Lipinski definition) is 2. The summed E-state index contributed by atoms with van der Waals surface area (Å²) in [5.74, 6) is -0.354. The van der Waals surface area contributed by atoms with Crippen molar-refractivity contribution in [2.45, 2.75) is 25.7 Å². The highest BCUT2D eigenvalue weighted by Crippen LogP contribution is 2.12. The molecule has 12 heavy (non-hydrogen) atoms. The molecular formula is C9H13NO2. The number of carbonyl (C=O) groups is 1. The van der Waals surface area contributed by atoms with E-state index in [9.17, 15) is 4.79 Å². The summed E-state index contributed by atoms with van der Waals surface area (Å²) in [7, 11) is 0. The zero-order valence-corrected chi connectivity index (χ0v) is 6.92. The van der Waals surface area contributed by atoms with Crippen LogP contribution in [0.15, 0.2) is 23.8 Å². The Morgan fingerprint density at radius 3 is 3.17 bits per heavy atom. The van der Waals surface area contributed by atoms with E-state index in [1.54, 1.807) is 5.48 Å². The van der Waals surface area contributed by atoms with Crippen LogP contribution in [0.4, 0.5) is 0 Å². The molecule has 0 aromatic carbocycles. The van der Waals surface area contributed by atoms with Crippen LogP contribution in [-0.4, -0.2) is 11.1 Å². The van der Waals surface area contributed by atoms with Gasteiger partial charge >= 0.3 is 0 Å². The van der Waals surface area contributed by atoms with E-state index < -0.39 is 0 Å². The van der Waals surface area contributed by atoms with E-state index in [-0.39, 0.29) is 12.3 Å². The average Bonchev–Trinajstić information content (AvgIpc) is 2.33. The molecule has 1 aliphatic rings. The summed E-state index contributed by atoms with van der Waals surface area (Å²) in [4.78, 5) is 10.8. The second-order valence-corrected chi connectivity index (χ2v) is 2.82. The lowest BCUT2D eigenvalue weighted by molar-refractivity contribution is -0.128. The molecule has 1 amide bonds. The Kier molecular flexibility index (Phi) is 3.54. The Morgan fingerprint density at radius 1 is 1.58 bits per heavy atom. The second-order valence-electron chi connectivity index (χ2n) is 2.82. The van der Waals surface area contributed by atoms with Gasteiger partial charge in [-0.05, 0) is 24.8 Å². The summed E-state index contributed by atoms with van der Waals surface area (Å²) in [5.41, 5.74) is 2.60. The number of hydrogen-bond acceptors (Lipinski definition) is 2. The van der Waals surface area contributed by atoms with Gasteiger partial charge in [0.2, 0.25) is 5.91 Å². The number of hydroxylamine groups is 1. The lowest BCUT2D eigenvalue weighted by atomic mass is 10.1. The van der Waals surface area contributed by atoms with E-state index in [1.165, 1.54) is 0 Å². The number of carbonyl (C=O) groups excluding carboxylic acids is 1. The predicted molar refractivity (Wildman–Crippen MR) is 45.6 cm³/mol. The highest BCUT2D eigenvalue weighted by atomic mass is 16.5. The van der Waals surface area contributed by atoms with Gasteiger partial charge in [0.25, 0.3) is 0 Å². The van der Waals surface area contributed by atoms with Gasteiger partial charge in [-0.2, -0.15) is 0 Å². The molecule has 0 radical (unpaired) electrons. The number of nitrogens with one attached hydrogen (secondary N) is 1. The van der Waals surface area contributed by atoms with Crippen molar-refractivity contribution in [1.82, 2.24) is 5.48 Å². The lowest BCUT2D eigenvalue weighted by Crippen LogP contribution is -2.18. The molecule has 0 saturated carbocycles. The van der Waals surface area contributed by atoms with Crippen molar-refractivity contribution in [2.24, 2.45) is 0 Å². The van der Waals surface area contributed by atoms with E-state index in [1.807, 2.05) is 12.2 Å². The van der Waals surface area contributed by atoms with E-state index in [2.05, 4.69) is 6.08 Å². The van der Waals surface area contributed by atoms with Crippen LogP contribution in [-0.2, 0) is 4.79 Å². The summed E-state index contributed by atoms with van der Waals surface area (Å²) >= 11 is 0. The minimum absolute atomic E-state index is 0.271. The third-order valence-electron chi connectivity index (χ3n) is 1.80. The molecule has 0 aliphatic heterocycles. The summed E-state index contributed by atoms with van der Waals surface area (Å²) in [6, 6.07) is 0. The molecule has 0 spiro atoms. The lowest BCUT2D eigenvalue weighted by Gasteiger charge is -1.98. The van der Waals surface area contributed by atoms with Gasteiger partial charge in [-0.3, -0.25) is 10.0 Å². The SMILES string of the molecule is O=C(CC1=CCCCC=C1)NO. The van der Waals surface area contributed by atoms with Gasteiger partial charge in [-0.15, -0.1) is 0 Å². The van der Waals surface area contributed by atoms with Crippen molar-refractivity contribution in [3.05, 3.63) is 23.8 Å². The third kappa shape index (κ3) is 2.88. The summed E-state index contributed by atoms with van der Waals surface area (Å²) in [6.07, 6.45) is 9.54. The van der Waals surface area contributed by atoms with Crippen LogP contribution in [0.2, 0.25) is 0 Å². The molecule has 2 N–H and O–H groups in total. The zero-order chi connectivity index (χ0) is 8.81. The van der Waals surface area contributed by atoms with Crippen molar-refractivity contribution < 1.29 is 10.0 Å². The molecule has 0 atom stereocenters. The van der Waals surface area contributed by atoms with Gasteiger partial charge in [0.1, 0.15) is 0 Å². The smallest absolute Gasteiger partial charge is 0.247 e. The van der Waals surface area contributed by atoms with Gasteiger partial charge in [0.05, 0.1) is 6.42 Å². The molecular weight excluding hydrogens is 154 g/mol. The first kappa shape index (κ1) is 9.00. The van der Waals surface area contributed by atoms with E-state index in [0.29, 0.717) is 0 Å². The average molecular weight is 167 g/mol. The monoisotopic (exact) mass is 167 g/mol. The quantitative estimate of drug-likeness (QED) is 0.484. The minimum atomic E-state index is -0.354. The largest absolute Gasteiger partial charge is 0.289 e. The third-order valence-corrected chi connectivity index (χ3v) is 1.80. The van der Waals surface area contributed by atoms with Gasteiger partial charge in [-0.25, -0.2) is 5.48 Å². The molecule has 0 heterocycles. The van der Waals surface area contributed by atoms with Gasteiger partial charge in [0.15, 0.2) is 0 Å². The standard InChI is InChI=1S/C9H13NO2/c11-9(10-12)7-8-5-3-1-2-4-6-8/h3,5-6,12H,1-2,4,7H2,(H,10,11). The Balaban J connectivity index is 2.48. The maximum atomic E-state index is 10.8. The van der Waals surface area contributed by atoms with E-state index in [0.717, 1.165) is 24.8 Å². The number of amides is 1. The van der Waals surface area contributed by atoms with Crippen molar-refractivity contribution in [2.75, 3.05) is 0 Å². The Labute approximate surface area is 71.7 Å². The molecule has 66 valence electrons. The normalized spacial score (nSPS) is 16.6. The highest BCUT2D eigenvalue weighted by Gasteiger charge is 2.02. The van der Waals surface area contributed by atoms with Crippen molar-refractivity contribution in [1.29, 1.82) is 0 Å². The molecule has 0 fully saturated rings. The molecule has 3 heteroatoms. The van der Waals surface area contributed by atoms with Gasteiger partial charge < -0.3 is 0 Å². The van der Waals surface area contributed by atoms with Crippen molar-refractivity contribution >= 4 is 5.91 Å². The summed E-state index contributed by atoms with van der Waals surface area (Å²) < 4.78 is 0. The van der Waals surface area contributed by atoms with Gasteiger partial charge in [-0.1, -0.05) is 18.2 Å². The molecule has 0 aromatic heterocycles. The summed E-state index contributed by atoms with van der Waals surface area (Å²) in [6.45, 7) is 0. The molecule has 1 rings (SSSR count). The fraction of sp³-hybridized carbons (Fsp3) is 0.444. The van der Waals surface area contributed by atoms with Crippen molar-refractivity contribution in [3.63, 3.8) is 0 Å². The first-order valence-electron chi connectivity index (χ1n) is 4.11. The molecule has 0 aromatic rings. The van der Waals surface area contributed by atoms with E-state index >= 15 is 0 Å². The Bertz CT molecular complexity index is 219. The second kappa shape index (κ2) is 4.72. The van der Waals surface area contributed by atoms with Gasteiger partial charge in [0, 0.05) is 0 Å². The number of rotatable bonds is 2. The molecule has 3 nitrogen and oxygen atoms in total. The Hall–Kier alpha value is -1.09. The van der Waals surface area contributed by atoms with Crippen LogP contribution in [0.5, 0.6) is 0 Å². The number of allylic oxidation sites excluding steroid dienone is 3. The Morgan fingerprint density at radius 2 is 2.42 bits per heavy atom. The van der Waals surface area contributed by atoms with Crippen LogP contribution < -0.4 is 5.48 Å². The maximum absolute atomic E-state index is 10.8. The fourth-order valence-electron chi connectivity index (χ4n) is 1.18. The van der Waals surface area contributed by atoms with Crippen LogP contribution in [0, 0.1) is 0 Å². The molecule has 0 saturated heterocycles. The minimum Gasteiger partial charge on any atom is -0.289 e. The van der Waals surface area contributed by atoms with Crippen LogP contribution in [0.25, 0.3) is 0 Å². The topological polar surface area (TPSA) is 49.3 Å². The summed E-state index contributed by atoms with van der Waals surface area (Å²) in [5, 5.41) is 8.28. The fourth-order valence-corrected chi connectivity index (χ4v) is 1.18. The van der Waals surface area contributed by atoms with Crippen LogP contribution >= 0.6 is 0 Å². The molecule has 0 unspecified atom stereocenters. The first-order valence-corrected chi connectivity index (χ1v) is 4.11. The maximum Gasteiger partial charge on any atom is 0.247 e. The van der Waals surface area contributed by atoms with Crippen LogP contribution in [0.3, 0.4) is 0 Å². The van der Waals surface area contributed by atoms with E-state index in [4.69, 9.17) is 5.21 Å². The predicted octanol–water partition coefficient (Wildman–Crippen LogP) is 1.55. The van der Waals surface area contributed by atoms with Crippen LogP contribution in [0.1, 0.15) is 25.7 Å².